The molecule has 0 unspecified atom stereocenters. The summed E-state index contributed by atoms with van der Waals surface area (Å²) in [4.78, 5) is 29.8. The monoisotopic (exact) mass is 755 g/mol. The number of halogens is 2. The number of benzene rings is 4. The van der Waals surface area contributed by atoms with Crippen molar-refractivity contribution in [3.8, 4) is 11.5 Å². The smallest absolute Gasteiger partial charge is 0.264 e. The molecular formula is C36H39BrClN3O6S. The van der Waals surface area contributed by atoms with Gasteiger partial charge in [0.05, 0.1) is 24.8 Å². The summed E-state index contributed by atoms with van der Waals surface area (Å²) < 4.78 is 41.2. The molecule has 0 aromatic heterocycles. The fourth-order valence-electron chi connectivity index (χ4n) is 5.13. The number of carbonyl (C=O) groups is 2. The molecule has 48 heavy (non-hydrogen) atoms. The van der Waals surface area contributed by atoms with Crippen LogP contribution in [-0.4, -0.2) is 58.5 Å². The average Bonchev–Trinajstić information content (AvgIpc) is 3.09. The van der Waals surface area contributed by atoms with E-state index in [1.165, 1.54) is 49.5 Å². The van der Waals surface area contributed by atoms with Crippen molar-refractivity contribution in [2.24, 2.45) is 0 Å². The predicted molar refractivity (Wildman–Crippen MR) is 192 cm³/mol. The topological polar surface area (TPSA) is 105 Å². The van der Waals surface area contributed by atoms with Gasteiger partial charge in [0, 0.05) is 35.1 Å². The standard InChI is InChI=1S/C36H39BrClN3O6S/c1-4-5-20-39-36(43)32(22-26-10-7-6-8-11-26)40(24-27-12-9-13-28(37)21-27)35(42)25-41(30-16-14-29(38)15-17-30)48(44,45)31-18-19-33(46-2)34(23-31)47-3/h6-19,21,23,32H,4-5,20,22,24-25H2,1-3H3,(H,39,43)/t32-/m1/s1. The molecule has 0 fully saturated rings. The van der Waals surface area contributed by atoms with Gasteiger partial charge >= 0.3 is 0 Å². The second-order valence-corrected chi connectivity index (χ2v) is 14.2. The first-order valence-electron chi connectivity index (χ1n) is 15.4. The van der Waals surface area contributed by atoms with Gasteiger partial charge in [0.2, 0.25) is 11.8 Å². The zero-order valence-electron chi connectivity index (χ0n) is 27.1. The third-order valence-electron chi connectivity index (χ3n) is 7.68. The number of unbranched alkanes of at least 4 members (excludes halogenated alkanes) is 1. The summed E-state index contributed by atoms with van der Waals surface area (Å²) in [6.07, 6.45) is 1.88. The molecule has 1 atom stereocenters. The van der Waals surface area contributed by atoms with Gasteiger partial charge in [-0.25, -0.2) is 8.42 Å². The SMILES string of the molecule is CCCCNC(=O)[C@@H](Cc1ccccc1)N(Cc1cccc(Br)c1)C(=O)CN(c1ccc(Cl)cc1)S(=O)(=O)c1ccc(OC)c(OC)c1. The van der Waals surface area contributed by atoms with Crippen LogP contribution in [0.2, 0.25) is 5.02 Å². The Hall–Kier alpha value is -4.06. The first kappa shape index (κ1) is 36.8. The van der Waals surface area contributed by atoms with Crippen molar-refractivity contribution < 1.29 is 27.5 Å². The summed E-state index contributed by atoms with van der Waals surface area (Å²) in [5.41, 5.74) is 1.84. The Balaban J connectivity index is 1.81. The van der Waals surface area contributed by atoms with Gasteiger partial charge in [-0.1, -0.05) is 83.3 Å². The van der Waals surface area contributed by atoms with Crippen LogP contribution >= 0.6 is 27.5 Å². The molecule has 2 amide bonds. The Morgan fingerprint density at radius 3 is 2.21 bits per heavy atom. The van der Waals surface area contributed by atoms with Crippen LogP contribution in [-0.2, 0) is 32.6 Å². The molecule has 0 saturated heterocycles. The van der Waals surface area contributed by atoms with Crippen LogP contribution in [0.5, 0.6) is 11.5 Å². The van der Waals surface area contributed by atoms with Crippen LogP contribution in [0.1, 0.15) is 30.9 Å². The highest BCUT2D eigenvalue weighted by atomic mass is 79.9. The molecule has 0 spiro atoms. The zero-order valence-corrected chi connectivity index (χ0v) is 30.2. The molecule has 0 aliphatic heterocycles. The zero-order chi connectivity index (χ0) is 34.7. The van der Waals surface area contributed by atoms with E-state index < -0.39 is 28.5 Å². The van der Waals surface area contributed by atoms with E-state index in [0.29, 0.717) is 17.3 Å². The number of sulfonamides is 1. The van der Waals surface area contributed by atoms with Gasteiger partial charge < -0.3 is 19.7 Å². The Kier molecular flexibility index (Phi) is 13.3. The first-order valence-corrected chi connectivity index (χ1v) is 18.0. The molecule has 4 rings (SSSR count). The van der Waals surface area contributed by atoms with Gasteiger partial charge in [0.1, 0.15) is 12.6 Å². The number of amides is 2. The lowest BCUT2D eigenvalue weighted by Gasteiger charge is -2.34. The Morgan fingerprint density at radius 1 is 0.875 bits per heavy atom. The minimum absolute atomic E-state index is 0.0574. The van der Waals surface area contributed by atoms with Crippen molar-refractivity contribution in [2.45, 2.75) is 43.7 Å². The number of rotatable bonds is 16. The van der Waals surface area contributed by atoms with E-state index in [2.05, 4.69) is 21.2 Å². The van der Waals surface area contributed by atoms with Gasteiger partial charge in [-0.3, -0.25) is 13.9 Å². The van der Waals surface area contributed by atoms with E-state index in [1.807, 2.05) is 61.5 Å². The number of hydrogen-bond acceptors (Lipinski definition) is 6. The number of nitrogens with one attached hydrogen (secondary N) is 1. The fraction of sp³-hybridized carbons (Fsp3) is 0.278. The average molecular weight is 757 g/mol. The minimum atomic E-state index is -4.36. The highest BCUT2D eigenvalue weighted by molar-refractivity contribution is 9.10. The largest absolute Gasteiger partial charge is 0.493 e. The summed E-state index contributed by atoms with van der Waals surface area (Å²) in [6, 6.07) is 26.3. The van der Waals surface area contributed by atoms with Crippen LogP contribution in [0.25, 0.3) is 0 Å². The molecule has 4 aromatic carbocycles. The minimum Gasteiger partial charge on any atom is -0.493 e. The second-order valence-electron chi connectivity index (χ2n) is 11.0. The number of methoxy groups -OCH3 is 2. The van der Waals surface area contributed by atoms with Gasteiger partial charge in [0.25, 0.3) is 10.0 Å². The quantitative estimate of drug-likeness (QED) is 0.125. The molecule has 1 N–H and O–H groups in total. The van der Waals surface area contributed by atoms with Gasteiger partial charge in [-0.2, -0.15) is 0 Å². The number of hydrogen-bond donors (Lipinski definition) is 1. The predicted octanol–water partition coefficient (Wildman–Crippen LogP) is 6.87. The summed E-state index contributed by atoms with van der Waals surface area (Å²) in [6.45, 7) is 1.94. The van der Waals surface area contributed by atoms with Gasteiger partial charge in [-0.05, 0) is 66.1 Å². The second kappa shape index (κ2) is 17.4. The molecule has 12 heteroatoms. The summed E-state index contributed by atoms with van der Waals surface area (Å²) in [5.74, 6) is -0.329. The lowest BCUT2D eigenvalue weighted by Crippen LogP contribution is -2.53. The maximum atomic E-state index is 14.6. The normalized spacial score (nSPS) is 11.8. The third kappa shape index (κ3) is 9.52. The van der Waals surface area contributed by atoms with Crippen molar-refractivity contribution in [3.63, 3.8) is 0 Å². The van der Waals surface area contributed by atoms with Crippen molar-refractivity contribution >= 4 is 55.1 Å². The fourth-order valence-corrected chi connectivity index (χ4v) is 7.14. The van der Waals surface area contributed by atoms with Crippen LogP contribution < -0.4 is 19.1 Å². The third-order valence-corrected chi connectivity index (χ3v) is 10.2. The lowest BCUT2D eigenvalue weighted by atomic mass is 10.0. The number of nitrogens with zero attached hydrogens (tertiary/aromatic N) is 2. The maximum absolute atomic E-state index is 14.6. The maximum Gasteiger partial charge on any atom is 0.264 e. The van der Waals surface area contributed by atoms with E-state index in [9.17, 15) is 18.0 Å². The molecule has 0 heterocycles. The van der Waals surface area contributed by atoms with E-state index in [1.54, 1.807) is 12.1 Å². The molecule has 0 aliphatic rings. The molecule has 9 nitrogen and oxygen atoms in total. The molecule has 4 aromatic rings. The molecule has 0 saturated carbocycles. The number of anilines is 1. The van der Waals surface area contributed by atoms with E-state index in [-0.39, 0.29) is 35.2 Å². The molecule has 0 aliphatic carbocycles. The highest BCUT2D eigenvalue weighted by Crippen LogP contribution is 2.33. The first-order chi connectivity index (χ1) is 23.1. The Labute approximate surface area is 296 Å². The molecule has 0 radical (unpaired) electrons. The molecule has 254 valence electrons. The van der Waals surface area contributed by atoms with Crippen molar-refractivity contribution in [1.82, 2.24) is 10.2 Å². The summed E-state index contributed by atoms with van der Waals surface area (Å²) in [5, 5.41) is 3.39. The van der Waals surface area contributed by atoms with E-state index in [4.69, 9.17) is 21.1 Å². The molecular weight excluding hydrogens is 718 g/mol. The van der Waals surface area contributed by atoms with Crippen LogP contribution in [0.15, 0.2) is 106 Å². The van der Waals surface area contributed by atoms with Crippen molar-refractivity contribution in [3.05, 3.63) is 118 Å². The van der Waals surface area contributed by atoms with Crippen LogP contribution in [0.3, 0.4) is 0 Å². The van der Waals surface area contributed by atoms with E-state index in [0.717, 1.165) is 32.7 Å². The van der Waals surface area contributed by atoms with Crippen molar-refractivity contribution in [1.29, 1.82) is 0 Å². The molecule has 0 bridgehead atoms. The van der Waals surface area contributed by atoms with Crippen LogP contribution in [0.4, 0.5) is 5.69 Å². The summed E-state index contributed by atoms with van der Waals surface area (Å²) >= 11 is 9.66. The Morgan fingerprint density at radius 2 is 1.56 bits per heavy atom. The van der Waals surface area contributed by atoms with Gasteiger partial charge in [0.15, 0.2) is 11.5 Å². The lowest BCUT2D eigenvalue weighted by molar-refractivity contribution is -0.140. The van der Waals surface area contributed by atoms with E-state index >= 15 is 0 Å². The number of ether oxygens (including phenoxy) is 2. The van der Waals surface area contributed by atoms with Crippen LogP contribution in [0, 0.1) is 0 Å². The van der Waals surface area contributed by atoms with Crippen molar-refractivity contribution in [2.75, 3.05) is 31.6 Å². The summed E-state index contributed by atoms with van der Waals surface area (Å²) in [7, 11) is -1.49. The Bertz CT molecular complexity index is 1790. The van der Waals surface area contributed by atoms with Gasteiger partial charge in [-0.15, -0.1) is 0 Å². The highest BCUT2D eigenvalue weighted by Gasteiger charge is 2.35. The number of carbonyl (C=O) groups excluding carboxylic acids is 2.